The fourth-order valence-corrected chi connectivity index (χ4v) is 4.10. The number of nitrogens with zero attached hydrogens (tertiary/aromatic N) is 3. The maximum atomic E-state index is 13.1. The fraction of sp³-hybridized carbons (Fsp3) is 0.0455. The molecule has 0 radical (unpaired) electrons. The van der Waals surface area contributed by atoms with Gasteiger partial charge in [-0.1, -0.05) is 28.1 Å². The van der Waals surface area contributed by atoms with Crippen LogP contribution < -0.4 is 0 Å². The van der Waals surface area contributed by atoms with E-state index in [2.05, 4.69) is 26.1 Å². The number of carbonyl (C=O) groups is 1. The van der Waals surface area contributed by atoms with Gasteiger partial charge in [0.25, 0.3) is 5.91 Å². The number of halogens is 1. The highest BCUT2D eigenvalue weighted by atomic mass is 79.9. The van der Waals surface area contributed by atoms with E-state index in [-0.39, 0.29) is 24.0 Å². The molecule has 156 valence electrons. The van der Waals surface area contributed by atoms with Crippen molar-refractivity contribution < 1.29 is 19.4 Å². The zero-order valence-electron chi connectivity index (χ0n) is 16.0. The lowest BCUT2D eigenvalue weighted by Gasteiger charge is -2.12. The molecule has 1 saturated heterocycles. The van der Waals surface area contributed by atoms with Crippen LogP contribution >= 0.6 is 27.7 Å². The van der Waals surface area contributed by atoms with Crippen LogP contribution in [0.1, 0.15) is 16.9 Å². The SMILES string of the molecule is O=C1/C(=C/c2cc(Br)ccc2O)S/C(=N\N=C\c2ccccc2O)N1Cc1ccco1. The number of furan rings is 1. The number of phenols is 2. The number of phenolic OH excluding ortho intramolecular Hbond substituents is 2. The number of hydrogen-bond acceptors (Lipinski definition) is 7. The van der Waals surface area contributed by atoms with E-state index >= 15 is 0 Å². The summed E-state index contributed by atoms with van der Waals surface area (Å²) in [4.78, 5) is 14.9. The monoisotopic (exact) mass is 497 g/mol. The lowest BCUT2D eigenvalue weighted by molar-refractivity contribution is -0.122. The molecule has 0 bridgehead atoms. The van der Waals surface area contributed by atoms with Gasteiger partial charge in [-0.25, -0.2) is 0 Å². The summed E-state index contributed by atoms with van der Waals surface area (Å²) in [6, 6.07) is 15.2. The summed E-state index contributed by atoms with van der Waals surface area (Å²) < 4.78 is 6.15. The van der Waals surface area contributed by atoms with Gasteiger partial charge in [0.2, 0.25) is 0 Å². The van der Waals surface area contributed by atoms with Crippen molar-refractivity contribution in [1.82, 2.24) is 4.90 Å². The Bertz CT molecular complexity index is 1210. The van der Waals surface area contributed by atoms with Crippen molar-refractivity contribution in [3.8, 4) is 11.5 Å². The van der Waals surface area contributed by atoms with Crippen molar-refractivity contribution in [3.05, 3.63) is 87.1 Å². The van der Waals surface area contributed by atoms with E-state index in [0.717, 1.165) is 16.2 Å². The van der Waals surface area contributed by atoms with Crippen LogP contribution in [0.25, 0.3) is 6.08 Å². The second-order valence-electron chi connectivity index (χ2n) is 6.47. The average molecular weight is 498 g/mol. The standard InChI is InChI=1S/C22H16BrN3O4S/c23-16-7-8-19(28)15(10-16)11-20-21(29)26(13-17-5-3-9-30-17)22(31-20)25-24-12-14-4-1-2-6-18(14)27/h1-12,27-28H,13H2/b20-11-,24-12+,25-22-. The maximum Gasteiger partial charge on any atom is 0.267 e. The van der Waals surface area contributed by atoms with E-state index in [1.54, 1.807) is 60.7 Å². The van der Waals surface area contributed by atoms with Crippen molar-refractivity contribution in [2.24, 2.45) is 10.2 Å². The van der Waals surface area contributed by atoms with E-state index in [0.29, 0.717) is 27.0 Å². The Morgan fingerprint density at radius 2 is 1.87 bits per heavy atom. The van der Waals surface area contributed by atoms with Gasteiger partial charge in [-0.15, -0.1) is 5.10 Å². The van der Waals surface area contributed by atoms with E-state index < -0.39 is 0 Å². The number of aromatic hydroxyl groups is 2. The third-order valence-electron chi connectivity index (χ3n) is 4.34. The molecule has 4 rings (SSSR count). The minimum atomic E-state index is -0.280. The predicted octanol–water partition coefficient (Wildman–Crippen LogP) is 4.96. The molecule has 1 aromatic heterocycles. The number of thioether (sulfide) groups is 1. The maximum absolute atomic E-state index is 13.1. The molecule has 2 aromatic carbocycles. The molecule has 0 unspecified atom stereocenters. The molecule has 1 aliphatic rings. The van der Waals surface area contributed by atoms with Gasteiger partial charge in [-0.2, -0.15) is 5.10 Å². The number of amidine groups is 1. The Hall–Kier alpha value is -3.30. The first-order valence-corrected chi connectivity index (χ1v) is 10.7. The van der Waals surface area contributed by atoms with Crippen molar-refractivity contribution in [1.29, 1.82) is 0 Å². The Morgan fingerprint density at radius 3 is 2.65 bits per heavy atom. The first-order chi connectivity index (χ1) is 15.0. The number of amides is 1. The fourth-order valence-electron chi connectivity index (χ4n) is 2.80. The Balaban J connectivity index is 1.66. The molecule has 1 fully saturated rings. The van der Waals surface area contributed by atoms with Crippen LogP contribution in [0.2, 0.25) is 0 Å². The smallest absolute Gasteiger partial charge is 0.267 e. The van der Waals surface area contributed by atoms with E-state index in [1.165, 1.54) is 17.4 Å². The molecule has 3 aromatic rings. The summed E-state index contributed by atoms with van der Waals surface area (Å²) in [6.07, 6.45) is 4.56. The van der Waals surface area contributed by atoms with Crippen molar-refractivity contribution in [2.45, 2.75) is 6.54 Å². The Labute approximate surface area is 190 Å². The van der Waals surface area contributed by atoms with E-state index in [9.17, 15) is 15.0 Å². The number of rotatable bonds is 5. The second kappa shape index (κ2) is 9.23. The summed E-state index contributed by atoms with van der Waals surface area (Å²) in [7, 11) is 0. The summed E-state index contributed by atoms with van der Waals surface area (Å²) in [6.45, 7) is 0.186. The van der Waals surface area contributed by atoms with Crippen molar-refractivity contribution in [2.75, 3.05) is 0 Å². The van der Waals surface area contributed by atoms with Gasteiger partial charge in [0.1, 0.15) is 17.3 Å². The first kappa shape index (κ1) is 21.0. The van der Waals surface area contributed by atoms with Crippen LogP contribution in [0.15, 0.2) is 84.9 Å². The first-order valence-electron chi connectivity index (χ1n) is 9.12. The van der Waals surface area contributed by atoms with Gasteiger partial charge < -0.3 is 14.6 Å². The van der Waals surface area contributed by atoms with Gasteiger partial charge in [-0.05, 0) is 60.3 Å². The molecule has 0 aliphatic carbocycles. The molecular formula is C22H16BrN3O4S. The summed E-state index contributed by atoms with van der Waals surface area (Å²) in [5.41, 5.74) is 1.01. The third kappa shape index (κ3) is 4.89. The molecular weight excluding hydrogens is 482 g/mol. The number of para-hydroxylation sites is 1. The predicted molar refractivity (Wildman–Crippen MR) is 124 cm³/mol. The molecule has 0 atom stereocenters. The van der Waals surface area contributed by atoms with Gasteiger partial charge >= 0.3 is 0 Å². The van der Waals surface area contributed by atoms with Crippen LogP contribution in [0.5, 0.6) is 11.5 Å². The zero-order valence-corrected chi connectivity index (χ0v) is 18.4. The molecule has 0 spiro atoms. The molecule has 0 saturated carbocycles. The summed E-state index contributed by atoms with van der Waals surface area (Å²) >= 11 is 4.51. The lowest BCUT2D eigenvalue weighted by Crippen LogP contribution is -2.28. The summed E-state index contributed by atoms with van der Waals surface area (Å²) in [5.74, 6) is 0.458. The molecule has 1 amide bonds. The topological polar surface area (TPSA) is 98.6 Å². The van der Waals surface area contributed by atoms with Crippen molar-refractivity contribution in [3.63, 3.8) is 0 Å². The number of carbonyl (C=O) groups excluding carboxylic acids is 1. The Kier molecular flexibility index (Phi) is 6.24. The largest absolute Gasteiger partial charge is 0.507 e. The number of benzene rings is 2. The Morgan fingerprint density at radius 1 is 1.06 bits per heavy atom. The molecule has 7 nitrogen and oxygen atoms in total. The zero-order chi connectivity index (χ0) is 21.8. The molecule has 1 aliphatic heterocycles. The van der Waals surface area contributed by atoms with Gasteiger partial charge in [0, 0.05) is 15.6 Å². The number of hydrogen-bond donors (Lipinski definition) is 2. The van der Waals surface area contributed by atoms with Crippen molar-refractivity contribution >= 4 is 51.1 Å². The molecule has 31 heavy (non-hydrogen) atoms. The second-order valence-corrected chi connectivity index (χ2v) is 8.40. The van der Waals surface area contributed by atoms with Gasteiger partial charge in [0.15, 0.2) is 5.17 Å². The van der Waals surface area contributed by atoms with Crippen LogP contribution in [-0.2, 0) is 11.3 Å². The van der Waals surface area contributed by atoms with Gasteiger partial charge in [0.05, 0.1) is 23.9 Å². The van der Waals surface area contributed by atoms with Crippen LogP contribution in [-0.4, -0.2) is 32.4 Å². The highest BCUT2D eigenvalue weighted by molar-refractivity contribution is 9.10. The lowest BCUT2D eigenvalue weighted by atomic mass is 10.2. The van der Waals surface area contributed by atoms with Crippen LogP contribution in [0.3, 0.4) is 0 Å². The van der Waals surface area contributed by atoms with E-state index in [1.807, 2.05) is 0 Å². The summed E-state index contributed by atoms with van der Waals surface area (Å²) in [5, 5.41) is 28.6. The average Bonchev–Trinajstić information content (AvgIpc) is 3.36. The molecule has 2 heterocycles. The van der Waals surface area contributed by atoms with E-state index in [4.69, 9.17) is 4.42 Å². The minimum Gasteiger partial charge on any atom is -0.507 e. The molecule has 9 heteroatoms. The minimum absolute atomic E-state index is 0.0599. The highest BCUT2D eigenvalue weighted by Crippen LogP contribution is 2.35. The van der Waals surface area contributed by atoms with Crippen LogP contribution in [0, 0.1) is 0 Å². The normalized spacial score (nSPS) is 16.8. The quantitative estimate of drug-likeness (QED) is 0.294. The highest BCUT2D eigenvalue weighted by Gasteiger charge is 2.34. The van der Waals surface area contributed by atoms with Gasteiger partial charge in [-0.3, -0.25) is 9.69 Å². The molecule has 2 N–H and O–H groups in total. The third-order valence-corrected chi connectivity index (χ3v) is 5.83. The van der Waals surface area contributed by atoms with Crippen LogP contribution in [0.4, 0.5) is 0 Å².